The number of nitrogens with zero attached hydrogens (tertiary/aromatic N) is 5. The van der Waals surface area contributed by atoms with Gasteiger partial charge in [0.1, 0.15) is 22.3 Å². The van der Waals surface area contributed by atoms with E-state index in [4.69, 9.17) is 9.72 Å². The number of rotatable bonds is 7. The van der Waals surface area contributed by atoms with Crippen LogP contribution < -0.4 is 10.2 Å². The van der Waals surface area contributed by atoms with E-state index in [2.05, 4.69) is 33.5 Å². The zero-order valence-corrected chi connectivity index (χ0v) is 21.0. The molecule has 0 spiro atoms. The number of piperidine rings is 1. The number of hydrogen-bond acceptors (Lipinski definition) is 9. The van der Waals surface area contributed by atoms with Crippen LogP contribution in [0.25, 0.3) is 21.7 Å². The minimum atomic E-state index is 0.0532. The highest BCUT2D eigenvalue weighted by molar-refractivity contribution is 7.98. The van der Waals surface area contributed by atoms with Crippen LogP contribution in [-0.2, 0) is 0 Å². The maximum atomic E-state index is 9.25. The van der Waals surface area contributed by atoms with Crippen molar-refractivity contribution in [1.29, 1.82) is 0 Å². The predicted molar refractivity (Wildman–Crippen MR) is 134 cm³/mol. The summed E-state index contributed by atoms with van der Waals surface area (Å²) >= 11 is 3.15. The summed E-state index contributed by atoms with van der Waals surface area (Å²) in [6.45, 7) is 7.78. The van der Waals surface area contributed by atoms with Gasteiger partial charge in [-0.1, -0.05) is 25.2 Å². The van der Waals surface area contributed by atoms with E-state index in [-0.39, 0.29) is 12.0 Å². The van der Waals surface area contributed by atoms with Crippen LogP contribution in [0.5, 0.6) is 5.19 Å². The molecule has 4 heterocycles. The van der Waals surface area contributed by atoms with Gasteiger partial charge >= 0.3 is 0 Å². The molecule has 4 rings (SSSR count). The molecule has 1 aliphatic rings. The van der Waals surface area contributed by atoms with E-state index in [0.717, 1.165) is 52.6 Å². The Kier molecular flexibility index (Phi) is 7.67. The second kappa shape index (κ2) is 10.7. The largest absolute Gasteiger partial charge is 0.467 e. The lowest BCUT2D eigenvalue weighted by molar-refractivity contribution is 0.0882. The van der Waals surface area contributed by atoms with E-state index < -0.39 is 0 Å². The van der Waals surface area contributed by atoms with Crippen LogP contribution in [-0.4, -0.2) is 56.5 Å². The smallest absolute Gasteiger partial charge is 0.276 e. The van der Waals surface area contributed by atoms with Crippen LogP contribution in [0.1, 0.15) is 33.6 Å². The van der Waals surface area contributed by atoms with Crippen molar-refractivity contribution < 1.29 is 9.94 Å². The van der Waals surface area contributed by atoms with Crippen molar-refractivity contribution in [3.63, 3.8) is 0 Å². The van der Waals surface area contributed by atoms with Crippen molar-refractivity contribution in [3.05, 3.63) is 30.5 Å². The summed E-state index contributed by atoms with van der Waals surface area (Å²) in [7, 11) is 0. The third-order valence-electron chi connectivity index (χ3n) is 5.85. The molecule has 2 N–H and O–H groups in total. The molecule has 33 heavy (non-hydrogen) atoms. The van der Waals surface area contributed by atoms with E-state index in [0.29, 0.717) is 16.9 Å². The Labute approximate surface area is 202 Å². The number of hydrogen-bond donors (Lipinski definition) is 2. The molecular weight excluding hydrogens is 456 g/mol. The highest BCUT2D eigenvalue weighted by Crippen LogP contribution is 2.31. The molecule has 0 aliphatic carbocycles. The molecule has 10 heteroatoms. The van der Waals surface area contributed by atoms with Crippen molar-refractivity contribution in [3.8, 4) is 16.6 Å². The van der Waals surface area contributed by atoms with Gasteiger partial charge in [0.05, 0.1) is 11.4 Å². The van der Waals surface area contributed by atoms with Crippen molar-refractivity contribution in [2.24, 2.45) is 16.9 Å². The van der Waals surface area contributed by atoms with Crippen LogP contribution in [0.2, 0.25) is 0 Å². The van der Waals surface area contributed by atoms with Gasteiger partial charge in [-0.3, -0.25) is 20.7 Å². The Balaban J connectivity index is 1.38. The first-order valence-corrected chi connectivity index (χ1v) is 13.2. The minimum absolute atomic E-state index is 0.0532. The summed E-state index contributed by atoms with van der Waals surface area (Å²) in [6, 6.07) is 7.99. The topological polar surface area (TPSA) is 95.8 Å². The van der Waals surface area contributed by atoms with Crippen LogP contribution in [0, 0.1) is 11.8 Å². The first kappa shape index (κ1) is 23.7. The molecule has 0 aromatic carbocycles. The number of ether oxygens (including phenoxy) is 1. The van der Waals surface area contributed by atoms with Crippen molar-refractivity contribution >= 4 is 39.3 Å². The summed E-state index contributed by atoms with van der Waals surface area (Å²) in [4.78, 5) is 15.9. The fourth-order valence-corrected chi connectivity index (χ4v) is 5.01. The van der Waals surface area contributed by atoms with Crippen molar-refractivity contribution in [2.75, 3.05) is 19.3 Å². The normalized spacial score (nSPS) is 16.4. The summed E-state index contributed by atoms with van der Waals surface area (Å²) in [5, 5.41) is 16.4. The molecular formula is C23H30N6O2S2. The lowest BCUT2D eigenvalue weighted by Crippen LogP contribution is -2.38. The van der Waals surface area contributed by atoms with Gasteiger partial charge in [0.15, 0.2) is 0 Å². The Morgan fingerprint density at radius 3 is 2.58 bits per heavy atom. The Morgan fingerprint density at radius 1 is 1.18 bits per heavy atom. The first-order valence-electron chi connectivity index (χ1n) is 11.1. The fraction of sp³-hybridized carbons (Fsp3) is 0.478. The summed E-state index contributed by atoms with van der Waals surface area (Å²) in [6.07, 6.45) is 5.92. The summed E-state index contributed by atoms with van der Waals surface area (Å²) < 4.78 is 6.23. The third kappa shape index (κ3) is 5.74. The molecule has 0 saturated carbocycles. The number of fused-ring (bicyclic) bond motifs is 1. The van der Waals surface area contributed by atoms with Gasteiger partial charge in [-0.05, 0) is 56.2 Å². The third-order valence-corrected chi connectivity index (χ3v) is 7.42. The molecule has 1 aliphatic heterocycles. The minimum Gasteiger partial charge on any atom is -0.467 e. The number of aromatic nitrogens is 3. The van der Waals surface area contributed by atoms with Crippen LogP contribution >= 0.6 is 23.1 Å². The monoisotopic (exact) mass is 486 g/mol. The van der Waals surface area contributed by atoms with E-state index >= 15 is 0 Å². The van der Waals surface area contributed by atoms with Gasteiger partial charge < -0.3 is 4.74 Å². The zero-order chi connectivity index (χ0) is 23.4. The number of thiazole rings is 1. The van der Waals surface area contributed by atoms with Crippen molar-refractivity contribution in [1.82, 2.24) is 25.4 Å². The second-order valence-electron chi connectivity index (χ2n) is 8.45. The number of amidine groups is 1. The highest BCUT2D eigenvalue weighted by atomic mass is 32.2. The van der Waals surface area contributed by atoms with Gasteiger partial charge in [-0.15, -0.1) is 11.8 Å². The molecule has 0 radical (unpaired) electrons. The lowest BCUT2D eigenvalue weighted by atomic mass is 9.93. The van der Waals surface area contributed by atoms with E-state index in [1.54, 1.807) is 11.8 Å². The Hall–Kier alpha value is -2.43. The molecule has 3 aromatic rings. The summed E-state index contributed by atoms with van der Waals surface area (Å²) in [5.74, 6) is 1.17. The molecule has 3 aromatic heterocycles. The van der Waals surface area contributed by atoms with Gasteiger partial charge in [0.25, 0.3) is 5.19 Å². The number of pyridine rings is 2. The van der Waals surface area contributed by atoms with Gasteiger partial charge in [-0.2, -0.15) is 5.10 Å². The molecule has 1 unspecified atom stereocenters. The van der Waals surface area contributed by atoms with Crippen LogP contribution in [0.15, 0.2) is 40.5 Å². The number of hydrazone groups is 1. The quantitative estimate of drug-likeness (QED) is 0.211. The zero-order valence-electron chi connectivity index (χ0n) is 19.4. The van der Waals surface area contributed by atoms with E-state index in [9.17, 15) is 5.21 Å². The average molecular weight is 487 g/mol. The van der Waals surface area contributed by atoms with Gasteiger partial charge in [0.2, 0.25) is 0 Å². The van der Waals surface area contributed by atoms with Crippen molar-refractivity contribution in [2.45, 2.75) is 44.6 Å². The fourth-order valence-electron chi connectivity index (χ4n) is 3.77. The summed E-state index contributed by atoms with van der Waals surface area (Å²) in [5.41, 5.74) is 4.74. The molecule has 1 atom stereocenters. The number of hydroxylamine groups is 1. The molecule has 1 fully saturated rings. The lowest BCUT2D eigenvalue weighted by Gasteiger charge is -2.33. The Bertz CT molecular complexity index is 1090. The van der Waals surface area contributed by atoms with Crippen LogP contribution in [0.3, 0.4) is 0 Å². The predicted octanol–water partition coefficient (Wildman–Crippen LogP) is 4.90. The van der Waals surface area contributed by atoms with Gasteiger partial charge in [-0.25, -0.2) is 9.97 Å². The average Bonchev–Trinajstić information content (AvgIpc) is 3.24. The maximum absolute atomic E-state index is 9.25. The molecule has 0 bridgehead atoms. The molecule has 0 amide bonds. The van der Waals surface area contributed by atoms with Gasteiger partial charge in [0, 0.05) is 30.1 Å². The standard InChI is InChI=1S/C23H30N6O2S2/c1-14(2)21(28-30)27-29-11-9-16(10-12-29)15(3)31-23-26-20-8-7-19(25-22(20)33-23)18-6-5-17(32-4)13-24-18/h5-8,13-16,30H,9-12H2,1-4H3,(H,27,28). The molecule has 1 saturated heterocycles. The maximum Gasteiger partial charge on any atom is 0.276 e. The van der Waals surface area contributed by atoms with E-state index in [1.165, 1.54) is 11.3 Å². The second-order valence-corrected chi connectivity index (χ2v) is 10.3. The molecule has 176 valence electrons. The van der Waals surface area contributed by atoms with Crippen LogP contribution in [0.4, 0.5) is 0 Å². The SMILES string of the molecule is CSc1ccc(-c2ccc3nc(OC(C)C4CCN(/N=C(\NO)C(C)C)CC4)sc3n2)nc1. The number of nitrogens with one attached hydrogen (secondary N) is 1. The van der Waals surface area contributed by atoms with E-state index in [1.807, 2.05) is 49.5 Å². The number of thioether (sulfide) groups is 1. The molecule has 8 nitrogen and oxygen atoms in total. The highest BCUT2D eigenvalue weighted by Gasteiger charge is 2.26. The first-order chi connectivity index (χ1) is 16.0. The Morgan fingerprint density at radius 2 is 1.94 bits per heavy atom.